The first-order chi connectivity index (χ1) is 9.97. The van der Waals surface area contributed by atoms with Crippen LogP contribution in [-0.2, 0) is 12.7 Å². The number of alkyl halides is 3. The number of nitrogens with zero attached hydrogens (tertiary/aromatic N) is 2. The molecule has 0 aliphatic carbocycles. The van der Waals surface area contributed by atoms with Crippen molar-refractivity contribution in [3.8, 4) is 0 Å². The molecular weight excluding hydrogens is 448 g/mol. The van der Waals surface area contributed by atoms with Gasteiger partial charge in [0.15, 0.2) is 11.7 Å². The van der Waals surface area contributed by atoms with Gasteiger partial charge in [-0.2, -0.15) is 24.9 Å². The van der Waals surface area contributed by atoms with E-state index in [0.717, 1.165) is 28.2 Å². The van der Waals surface area contributed by atoms with Crippen LogP contribution < -0.4 is 10.6 Å². The molecule has 1 aromatic rings. The molecule has 1 aromatic heterocycles. The number of aromatic nitrogens is 1. The number of hydrogen-bond acceptors (Lipinski definition) is 4. The number of aliphatic imine (C=N–C) groups is 1. The molecule has 0 amide bonds. The number of halogens is 4. The van der Waals surface area contributed by atoms with E-state index in [-0.39, 0.29) is 30.5 Å². The van der Waals surface area contributed by atoms with Crippen LogP contribution in [0.1, 0.15) is 10.7 Å². The first-order valence-electron chi connectivity index (χ1n) is 6.12. The largest absolute Gasteiger partial charge is 0.434 e. The fraction of sp³-hybridized carbons (Fsp3) is 0.500. The molecule has 0 aromatic carbocycles. The summed E-state index contributed by atoms with van der Waals surface area (Å²) >= 11 is 2.70. The van der Waals surface area contributed by atoms with Crippen LogP contribution >= 0.6 is 47.1 Å². The van der Waals surface area contributed by atoms with Crippen LogP contribution in [0.2, 0.25) is 0 Å². The molecular formula is C12H18F3IN4S2. The molecule has 22 heavy (non-hydrogen) atoms. The Hall–Kier alpha value is -0.490. The van der Waals surface area contributed by atoms with Crippen LogP contribution in [0, 0.1) is 0 Å². The highest BCUT2D eigenvalue weighted by Gasteiger charge is 2.33. The first kappa shape index (κ1) is 21.5. The second-order valence-electron chi connectivity index (χ2n) is 3.84. The minimum absolute atomic E-state index is 0. The van der Waals surface area contributed by atoms with E-state index in [1.54, 1.807) is 18.8 Å². The lowest BCUT2D eigenvalue weighted by molar-refractivity contribution is -0.140. The lowest BCUT2D eigenvalue weighted by atomic mass is 10.5. The summed E-state index contributed by atoms with van der Waals surface area (Å²) in [5.41, 5.74) is -0.854. The summed E-state index contributed by atoms with van der Waals surface area (Å²) in [6, 6.07) is 0. The maximum atomic E-state index is 12.4. The van der Waals surface area contributed by atoms with Gasteiger partial charge in [-0.3, -0.25) is 4.99 Å². The monoisotopic (exact) mass is 466 g/mol. The topological polar surface area (TPSA) is 49.3 Å². The van der Waals surface area contributed by atoms with Crippen LogP contribution in [0.5, 0.6) is 0 Å². The molecule has 2 N–H and O–H groups in total. The number of rotatable bonds is 7. The van der Waals surface area contributed by atoms with Crippen LogP contribution in [-0.4, -0.2) is 36.0 Å². The molecule has 0 aliphatic heterocycles. The molecule has 0 atom stereocenters. The SMILES string of the molecule is C=CCSCCNC(=NC)NCc1nc(C(F)(F)F)cs1.I. The Labute approximate surface area is 153 Å². The van der Waals surface area contributed by atoms with Crippen molar-refractivity contribution in [3.63, 3.8) is 0 Å². The molecule has 0 saturated heterocycles. The van der Waals surface area contributed by atoms with Gasteiger partial charge in [-0.1, -0.05) is 6.08 Å². The maximum absolute atomic E-state index is 12.4. The smallest absolute Gasteiger partial charge is 0.356 e. The molecule has 10 heteroatoms. The van der Waals surface area contributed by atoms with Gasteiger partial charge in [0.05, 0.1) is 6.54 Å². The van der Waals surface area contributed by atoms with Gasteiger partial charge >= 0.3 is 6.18 Å². The van der Waals surface area contributed by atoms with Crippen LogP contribution in [0.15, 0.2) is 23.0 Å². The average Bonchev–Trinajstić information content (AvgIpc) is 2.91. The molecule has 0 fully saturated rings. The molecule has 0 spiro atoms. The number of thioether (sulfide) groups is 1. The fourth-order valence-corrected chi connectivity index (χ4v) is 2.63. The minimum Gasteiger partial charge on any atom is -0.356 e. The lowest BCUT2D eigenvalue weighted by Crippen LogP contribution is -2.38. The van der Waals surface area contributed by atoms with E-state index >= 15 is 0 Å². The summed E-state index contributed by atoms with van der Waals surface area (Å²) in [5.74, 6) is 2.31. The van der Waals surface area contributed by atoms with Crippen LogP contribution in [0.3, 0.4) is 0 Å². The Morgan fingerprint density at radius 2 is 2.23 bits per heavy atom. The zero-order chi connectivity index (χ0) is 15.7. The predicted molar refractivity (Wildman–Crippen MR) is 98.3 cm³/mol. The van der Waals surface area contributed by atoms with E-state index in [4.69, 9.17) is 0 Å². The molecule has 0 aliphatic rings. The molecule has 0 unspecified atom stereocenters. The van der Waals surface area contributed by atoms with Gasteiger partial charge in [-0.15, -0.1) is 41.9 Å². The summed E-state index contributed by atoms with van der Waals surface area (Å²) in [4.78, 5) is 7.54. The highest BCUT2D eigenvalue weighted by molar-refractivity contribution is 14.0. The predicted octanol–water partition coefficient (Wildman–Crippen LogP) is 3.36. The van der Waals surface area contributed by atoms with E-state index in [9.17, 15) is 13.2 Å². The standard InChI is InChI=1S/C12H17F3N4S2.HI/c1-3-5-20-6-4-17-11(16-2)18-7-10-19-9(8-21-10)12(13,14)15;/h3,8H,1,4-7H2,2H3,(H2,16,17,18);1H. The van der Waals surface area contributed by atoms with Gasteiger partial charge in [-0.25, -0.2) is 4.98 Å². The van der Waals surface area contributed by atoms with Crippen molar-refractivity contribution in [1.82, 2.24) is 15.6 Å². The molecule has 4 nitrogen and oxygen atoms in total. The number of hydrogen-bond donors (Lipinski definition) is 2. The van der Waals surface area contributed by atoms with Crippen molar-refractivity contribution >= 4 is 53.0 Å². The Morgan fingerprint density at radius 3 is 2.77 bits per heavy atom. The van der Waals surface area contributed by atoms with Crippen molar-refractivity contribution in [2.45, 2.75) is 12.7 Å². The van der Waals surface area contributed by atoms with Crippen LogP contribution in [0.4, 0.5) is 13.2 Å². The Kier molecular flexibility index (Phi) is 10.9. The number of thiazole rings is 1. The number of guanidine groups is 1. The molecule has 1 heterocycles. The van der Waals surface area contributed by atoms with Crippen molar-refractivity contribution in [2.75, 3.05) is 25.1 Å². The molecule has 0 bridgehead atoms. The van der Waals surface area contributed by atoms with E-state index in [0.29, 0.717) is 17.5 Å². The lowest BCUT2D eigenvalue weighted by Gasteiger charge is -2.10. The highest BCUT2D eigenvalue weighted by atomic mass is 127. The van der Waals surface area contributed by atoms with E-state index in [2.05, 4.69) is 27.2 Å². The van der Waals surface area contributed by atoms with Gasteiger partial charge in [-0.05, 0) is 0 Å². The van der Waals surface area contributed by atoms with Gasteiger partial charge < -0.3 is 10.6 Å². The van der Waals surface area contributed by atoms with Gasteiger partial charge in [0.2, 0.25) is 0 Å². The van der Waals surface area contributed by atoms with Crippen molar-refractivity contribution in [1.29, 1.82) is 0 Å². The molecule has 126 valence electrons. The zero-order valence-corrected chi connectivity index (χ0v) is 15.9. The van der Waals surface area contributed by atoms with Crippen molar-refractivity contribution < 1.29 is 13.2 Å². The summed E-state index contributed by atoms with van der Waals surface area (Å²) in [6.07, 6.45) is -2.56. The van der Waals surface area contributed by atoms with Crippen LogP contribution in [0.25, 0.3) is 0 Å². The Morgan fingerprint density at radius 1 is 1.50 bits per heavy atom. The van der Waals surface area contributed by atoms with Gasteiger partial charge in [0.25, 0.3) is 0 Å². The quantitative estimate of drug-likeness (QED) is 0.213. The van der Waals surface area contributed by atoms with Gasteiger partial charge in [0, 0.05) is 30.5 Å². The molecule has 0 saturated carbocycles. The van der Waals surface area contributed by atoms with Crippen molar-refractivity contribution in [3.05, 3.63) is 28.7 Å². The van der Waals surface area contributed by atoms with E-state index in [1.165, 1.54) is 0 Å². The average molecular weight is 466 g/mol. The van der Waals surface area contributed by atoms with Crippen molar-refractivity contribution in [2.24, 2.45) is 4.99 Å². The zero-order valence-electron chi connectivity index (χ0n) is 11.9. The summed E-state index contributed by atoms with van der Waals surface area (Å²) in [7, 11) is 1.61. The van der Waals surface area contributed by atoms with E-state index < -0.39 is 11.9 Å². The highest BCUT2D eigenvalue weighted by Crippen LogP contribution is 2.29. The third-order valence-electron chi connectivity index (χ3n) is 2.25. The summed E-state index contributed by atoms with van der Waals surface area (Å²) < 4.78 is 37.2. The minimum atomic E-state index is -4.39. The normalized spacial score (nSPS) is 11.7. The molecule has 0 radical (unpaired) electrons. The first-order valence-corrected chi connectivity index (χ1v) is 8.15. The maximum Gasteiger partial charge on any atom is 0.434 e. The summed E-state index contributed by atoms with van der Waals surface area (Å²) in [6.45, 7) is 4.55. The third kappa shape index (κ3) is 8.22. The third-order valence-corrected chi connectivity index (χ3v) is 4.06. The number of nitrogens with one attached hydrogen (secondary N) is 2. The fourth-order valence-electron chi connectivity index (χ4n) is 1.31. The Bertz CT molecular complexity index is 477. The van der Waals surface area contributed by atoms with E-state index in [1.807, 2.05) is 6.08 Å². The second kappa shape index (κ2) is 11.1. The molecule has 1 rings (SSSR count). The second-order valence-corrected chi connectivity index (χ2v) is 5.93. The summed E-state index contributed by atoms with van der Waals surface area (Å²) in [5, 5.41) is 7.39. The Balaban J connectivity index is 0.00000441. The van der Waals surface area contributed by atoms with Gasteiger partial charge in [0.1, 0.15) is 5.01 Å².